The molecule has 0 spiro atoms. The lowest BCUT2D eigenvalue weighted by Crippen LogP contribution is -2.36. The van der Waals surface area contributed by atoms with Crippen LogP contribution < -0.4 is 15.4 Å². The van der Waals surface area contributed by atoms with E-state index in [1.54, 1.807) is 23.9 Å². The van der Waals surface area contributed by atoms with Crippen LogP contribution in [0.5, 0.6) is 0 Å². The molecule has 0 saturated carbocycles. The lowest BCUT2D eigenvalue weighted by Gasteiger charge is -2.20. The van der Waals surface area contributed by atoms with Gasteiger partial charge in [-0.1, -0.05) is 6.07 Å². The van der Waals surface area contributed by atoms with Gasteiger partial charge in [-0.3, -0.25) is 9.10 Å². The second kappa shape index (κ2) is 7.55. The highest BCUT2D eigenvalue weighted by atomic mass is 32.2. The van der Waals surface area contributed by atoms with E-state index in [9.17, 15) is 13.2 Å². The fourth-order valence-corrected chi connectivity index (χ4v) is 4.58. The molecule has 1 aromatic carbocycles. The predicted octanol–water partition coefficient (Wildman–Crippen LogP) is 1.55. The third-order valence-electron chi connectivity index (χ3n) is 3.81. The lowest BCUT2D eigenvalue weighted by molar-refractivity contribution is -0.117. The van der Waals surface area contributed by atoms with Crippen LogP contribution in [0.15, 0.2) is 18.2 Å². The summed E-state index contributed by atoms with van der Waals surface area (Å²) in [5, 5.41) is 2.77. The van der Waals surface area contributed by atoms with Crippen LogP contribution >= 0.6 is 11.8 Å². The number of nitrogens with one attached hydrogen (secondary N) is 1. The van der Waals surface area contributed by atoms with Gasteiger partial charge < -0.3 is 11.1 Å². The Kier molecular flexibility index (Phi) is 5.94. The van der Waals surface area contributed by atoms with Crippen LogP contribution in [-0.2, 0) is 14.8 Å². The molecule has 8 heteroatoms. The Labute approximate surface area is 141 Å². The molecule has 0 bridgehead atoms. The maximum absolute atomic E-state index is 12.1. The zero-order valence-electron chi connectivity index (χ0n) is 13.4. The third-order valence-corrected chi connectivity index (χ3v) is 6.31. The summed E-state index contributed by atoms with van der Waals surface area (Å²) < 4.78 is 25.6. The first-order valence-corrected chi connectivity index (χ1v) is 10.5. The molecule has 1 saturated heterocycles. The molecule has 0 aromatic heterocycles. The molecular weight excluding hydrogens is 334 g/mol. The highest BCUT2D eigenvalue weighted by molar-refractivity contribution is 7.98. The number of carbonyl (C=O) groups excluding carboxylic acids is 1. The zero-order chi connectivity index (χ0) is 17.0. The van der Waals surface area contributed by atoms with Gasteiger partial charge in [0.05, 0.1) is 17.5 Å². The Morgan fingerprint density at radius 3 is 2.83 bits per heavy atom. The molecule has 1 fully saturated rings. The zero-order valence-corrected chi connectivity index (χ0v) is 15.0. The molecule has 1 amide bonds. The number of hydrogen-bond donors (Lipinski definition) is 2. The maximum Gasteiger partial charge on any atom is 0.241 e. The van der Waals surface area contributed by atoms with E-state index < -0.39 is 16.1 Å². The van der Waals surface area contributed by atoms with Gasteiger partial charge in [-0.05, 0) is 49.5 Å². The van der Waals surface area contributed by atoms with Crippen molar-refractivity contribution in [3.63, 3.8) is 0 Å². The number of anilines is 2. The number of hydrogen-bond acceptors (Lipinski definition) is 5. The monoisotopic (exact) mass is 357 g/mol. The SMILES string of the molecule is CSCC[C@H](N)C(=O)Nc1ccc(C)c(N2CCCS2(=O)=O)c1. The van der Waals surface area contributed by atoms with Crippen LogP contribution in [0.1, 0.15) is 18.4 Å². The van der Waals surface area contributed by atoms with Crippen molar-refractivity contribution in [1.29, 1.82) is 0 Å². The number of nitrogens with two attached hydrogens (primary N) is 1. The van der Waals surface area contributed by atoms with Crippen LogP contribution in [0.4, 0.5) is 11.4 Å². The molecule has 0 aliphatic carbocycles. The minimum atomic E-state index is -3.24. The molecule has 128 valence electrons. The molecule has 1 heterocycles. The highest BCUT2D eigenvalue weighted by Crippen LogP contribution is 2.30. The van der Waals surface area contributed by atoms with Gasteiger partial charge in [-0.2, -0.15) is 11.8 Å². The lowest BCUT2D eigenvalue weighted by atomic mass is 10.1. The van der Waals surface area contributed by atoms with Gasteiger partial charge in [0.1, 0.15) is 0 Å². The molecule has 0 unspecified atom stereocenters. The minimum absolute atomic E-state index is 0.169. The Bertz CT molecular complexity index is 677. The van der Waals surface area contributed by atoms with Crippen molar-refractivity contribution in [3.05, 3.63) is 23.8 Å². The standard InChI is InChI=1S/C15H23N3O3S2/c1-11-4-5-12(17-15(19)13(16)6-8-22-2)10-14(11)18-7-3-9-23(18,20)21/h4-5,10,13H,3,6-9,16H2,1-2H3,(H,17,19)/t13-/m0/s1. The van der Waals surface area contributed by atoms with Gasteiger partial charge in [0, 0.05) is 12.2 Å². The van der Waals surface area contributed by atoms with Crippen LogP contribution in [-0.4, -0.2) is 44.7 Å². The molecule has 1 aliphatic heterocycles. The largest absolute Gasteiger partial charge is 0.325 e. The molecule has 1 atom stereocenters. The Morgan fingerprint density at radius 1 is 1.48 bits per heavy atom. The van der Waals surface area contributed by atoms with Gasteiger partial charge in [0.2, 0.25) is 15.9 Å². The fourth-order valence-electron chi connectivity index (χ4n) is 2.48. The summed E-state index contributed by atoms with van der Waals surface area (Å²) in [5.74, 6) is 0.737. The van der Waals surface area contributed by atoms with Gasteiger partial charge in [-0.15, -0.1) is 0 Å². The van der Waals surface area contributed by atoms with Crippen molar-refractivity contribution in [1.82, 2.24) is 0 Å². The van der Waals surface area contributed by atoms with E-state index in [0.717, 1.165) is 11.3 Å². The van der Waals surface area contributed by atoms with E-state index in [4.69, 9.17) is 5.73 Å². The Morgan fingerprint density at radius 2 is 2.22 bits per heavy atom. The van der Waals surface area contributed by atoms with Gasteiger partial charge in [-0.25, -0.2) is 8.42 Å². The summed E-state index contributed by atoms with van der Waals surface area (Å²) in [5.41, 5.74) is 7.90. The van der Waals surface area contributed by atoms with Crippen molar-refractivity contribution < 1.29 is 13.2 Å². The first-order chi connectivity index (χ1) is 10.8. The molecule has 3 N–H and O–H groups in total. The molecule has 1 aliphatic rings. The van der Waals surface area contributed by atoms with Crippen LogP contribution in [0.2, 0.25) is 0 Å². The van der Waals surface area contributed by atoms with Crippen LogP contribution in [0.3, 0.4) is 0 Å². The number of nitrogens with zero attached hydrogens (tertiary/aromatic N) is 1. The van der Waals surface area contributed by atoms with Crippen molar-refractivity contribution in [2.24, 2.45) is 5.73 Å². The number of carbonyl (C=O) groups is 1. The first kappa shape index (κ1) is 18.1. The number of sulfonamides is 1. The molecular formula is C15H23N3O3S2. The number of amides is 1. The number of benzene rings is 1. The van der Waals surface area contributed by atoms with E-state index in [2.05, 4.69) is 5.32 Å². The average Bonchev–Trinajstić information content (AvgIpc) is 2.85. The summed E-state index contributed by atoms with van der Waals surface area (Å²) in [6.45, 7) is 2.34. The summed E-state index contributed by atoms with van der Waals surface area (Å²) >= 11 is 1.64. The molecule has 23 heavy (non-hydrogen) atoms. The number of thioether (sulfide) groups is 1. The highest BCUT2D eigenvalue weighted by Gasteiger charge is 2.29. The van der Waals surface area contributed by atoms with Crippen LogP contribution in [0.25, 0.3) is 0 Å². The Balaban J connectivity index is 2.16. The summed E-state index contributed by atoms with van der Waals surface area (Å²) in [4.78, 5) is 12.1. The molecule has 1 aromatic rings. The van der Waals surface area contributed by atoms with Crippen molar-refractivity contribution in [2.45, 2.75) is 25.8 Å². The van der Waals surface area contributed by atoms with Crippen molar-refractivity contribution in [2.75, 3.05) is 33.9 Å². The minimum Gasteiger partial charge on any atom is -0.325 e. The topological polar surface area (TPSA) is 92.5 Å². The third kappa shape index (κ3) is 4.39. The maximum atomic E-state index is 12.1. The number of rotatable bonds is 6. The molecule has 6 nitrogen and oxygen atoms in total. The van der Waals surface area contributed by atoms with E-state index in [-0.39, 0.29) is 11.7 Å². The van der Waals surface area contributed by atoms with Gasteiger partial charge in [0.15, 0.2) is 0 Å². The predicted molar refractivity (Wildman–Crippen MR) is 96.5 cm³/mol. The van der Waals surface area contributed by atoms with E-state index >= 15 is 0 Å². The smallest absolute Gasteiger partial charge is 0.241 e. The van der Waals surface area contributed by atoms with Crippen molar-refractivity contribution >= 4 is 39.1 Å². The molecule has 0 radical (unpaired) electrons. The average molecular weight is 358 g/mol. The normalized spacial score (nSPS) is 18.0. The second-order valence-corrected chi connectivity index (χ2v) is 8.62. The van der Waals surface area contributed by atoms with E-state index in [1.165, 1.54) is 4.31 Å². The van der Waals surface area contributed by atoms with Gasteiger partial charge in [0.25, 0.3) is 0 Å². The van der Waals surface area contributed by atoms with Gasteiger partial charge >= 0.3 is 0 Å². The first-order valence-electron chi connectivity index (χ1n) is 7.51. The fraction of sp³-hybridized carbons (Fsp3) is 0.533. The Hall–Kier alpha value is -1.25. The summed E-state index contributed by atoms with van der Waals surface area (Å²) in [6.07, 6.45) is 3.19. The summed E-state index contributed by atoms with van der Waals surface area (Å²) in [7, 11) is -3.24. The van der Waals surface area contributed by atoms with Crippen molar-refractivity contribution in [3.8, 4) is 0 Å². The van der Waals surface area contributed by atoms with Crippen LogP contribution in [0, 0.1) is 6.92 Å². The second-order valence-electron chi connectivity index (χ2n) is 5.62. The number of aryl methyl sites for hydroxylation is 1. The van der Waals surface area contributed by atoms with E-state index in [1.807, 2.05) is 19.2 Å². The summed E-state index contributed by atoms with van der Waals surface area (Å²) in [6, 6.07) is 4.72. The quantitative estimate of drug-likeness (QED) is 0.806. The molecule has 2 rings (SSSR count). The van der Waals surface area contributed by atoms with E-state index in [0.29, 0.717) is 30.8 Å².